The number of halogens is 1. The second-order valence-electron chi connectivity index (χ2n) is 3.99. The number of anilines is 1. The van der Waals surface area contributed by atoms with Crippen LogP contribution in [0.2, 0.25) is 0 Å². The lowest BCUT2D eigenvalue weighted by atomic mass is 10.3. The van der Waals surface area contributed by atoms with Gasteiger partial charge in [-0.15, -0.1) is 0 Å². The van der Waals surface area contributed by atoms with E-state index in [0.29, 0.717) is 10.2 Å². The number of benzene rings is 1. The van der Waals surface area contributed by atoms with Crippen molar-refractivity contribution >= 4 is 31.6 Å². The molecule has 0 spiro atoms. The Kier molecular flexibility index (Phi) is 6.42. The average molecular weight is 362 g/mol. The van der Waals surface area contributed by atoms with E-state index in [2.05, 4.69) is 15.9 Å². The van der Waals surface area contributed by atoms with Crippen molar-refractivity contribution in [2.45, 2.75) is 11.3 Å². The van der Waals surface area contributed by atoms with Crippen LogP contribution < -0.4 is 5.73 Å². The fourth-order valence-corrected chi connectivity index (χ4v) is 3.52. The van der Waals surface area contributed by atoms with Crippen molar-refractivity contribution in [3.05, 3.63) is 22.7 Å². The van der Waals surface area contributed by atoms with Gasteiger partial charge in [-0.1, -0.05) is 0 Å². The molecule has 0 saturated heterocycles. The maximum Gasteiger partial charge on any atom is 0.243 e. The van der Waals surface area contributed by atoms with Crippen LogP contribution in [0, 0.1) is 11.3 Å². The number of ether oxygens (including phenoxy) is 1. The molecule has 0 heterocycles. The molecule has 1 aromatic rings. The van der Waals surface area contributed by atoms with Crippen LogP contribution in [0.25, 0.3) is 0 Å². The Bertz CT molecular complexity index is 598. The quantitative estimate of drug-likeness (QED) is 0.743. The fourth-order valence-electron chi connectivity index (χ4n) is 1.54. The molecule has 8 heteroatoms. The third-order valence-corrected chi connectivity index (χ3v) is 5.21. The molecule has 0 fully saturated rings. The Morgan fingerprint density at radius 1 is 1.45 bits per heavy atom. The highest BCUT2D eigenvalue weighted by atomic mass is 79.9. The first kappa shape index (κ1) is 16.9. The van der Waals surface area contributed by atoms with Crippen LogP contribution in [0.4, 0.5) is 5.69 Å². The van der Waals surface area contributed by atoms with Crippen LogP contribution in [-0.2, 0) is 14.8 Å². The molecule has 0 bridgehead atoms. The summed E-state index contributed by atoms with van der Waals surface area (Å²) in [6.45, 7) is 0.591. The molecule has 0 saturated carbocycles. The van der Waals surface area contributed by atoms with Crippen LogP contribution >= 0.6 is 15.9 Å². The first-order valence-corrected chi connectivity index (χ1v) is 8.08. The van der Waals surface area contributed by atoms with Gasteiger partial charge in [0.05, 0.1) is 17.6 Å². The van der Waals surface area contributed by atoms with Crippen molar-refractivity contribution in [3.8, 4) is 6.07 Å². The van der Waals surface area contributed by atoms with Gasteiger partial charge in [0.15, 0.2) is 0 Å². The monoisotopic (exact) mass is 361 g/mol. The largest absolute Gasteiger partial charge is 0.398 e. The predicted molar refractivity (Wildman–Crippen MR) is 79.4 cm³/mol. The van der Waals surface area contributed by atoms with Crippen molar-refractivity contribution in [3.63, 3.8) is 0 Å². The second-order valence-corrected chi connectivity index (χ2v) is 6.78. The summed E-state index contributed by atoms with van der Waals surface area (Å²) in [5.41, 5.74) is 6.11. The van der Waals surface area contributed by atoms with Gasteiger partial charge in [0.1, 0.15) is 0 Å². The topological polar surface area (TPSA) is 96.4 Å². The second kappa shape index (κ2) is 7.59. The Morgan fingerprint density at radius 3 is 2.70 bits per heavy atom. The highest BCUT2D eigenvalue weighted by Gasteiger charge is 2.24. The molecule has 1 rings (SSSR count). The number of sulfonamides is 1. The molecule has 0 unspecified atom stereocenters. The van der Waals surface area contributed by atoms with Gasteiger partial charge in [-0.25, -0.2) is 8.42 Å². The zero-order valence-electron chi connectivity index (χ0n) is 11.0. The van der Waals surface area contributed by atoms with Crippen LogP contribution in [-0.4, -0.2) is 39.5 Å². The molecular formula is C12H16BrN3O3S. The molecule has 6 nitrogen and oxygen atoms in total. The van der Waals surface area contributed by atoms with Crippen molar-refractivity contribution in [1.29, 1.82) is 5.26 Å². The van der Waals surface area contributed by atoms with Gasteiger partial charge in [-0.2, -0.15) is 9.57 Å². The fraction of sp³-hybridized carbons (Fsp3) is 0.417. The molecule has 0 amide bonds. The van der Waals surface area contributed by atoms with Crippen molar-refractivity contribution in [1.82, 2.24) is 4.31 Å². The molecule has 0 aromatic heterocycles. The number of hydrogen-bond donors (Lipinski definition) is 1. The average Bonchev–Trinajstić information content (AvgIpc) is 2.41. The van der Waals surface area contributed by atoms with E-state index < -0.39 is 10.0 Å². The number of nitriles is 1. The molecule has 0 aliphatic heterocycles. The van der Waals surface area contributed by atoms with Gasteiger partial charge in [0.2, 0.25) is 10.0 Å². The maximum absolute atomic E-state index is 12.5. The first-order chi connectivity index (χ1) is 9.43. The Hall–Kier alpha value is -1.14. The Balaban J connectivity index is 3.07. The third kappa shape index (κ3) is 4.18. The number of nitrogen functional groups attached to an aromatic ring is 1. The van der Waals surface area contributed by atoms with Gasteiger partial charge < -0.3 is 10.5 Å². The van der Waals surface area contributed by atoms with Gasteiger partial charge in [0.25, 0.3) is 0 Å². The number of nitrogens with two attached hydrogens (primary N) is 1. The molecule has 110 valence electrons. The SMILES string of the molecule is COCCN(CCC#N)S(=O)(=O)c1ccc(N)c(Br)c1. The van der Waals surface area contributed by atoms with Crippen LogP contribution in [0.5, 0.6) is 0 Å². The van der Waals surface area contributed by atoms with Crippen molar-refractivity contribution in [2.24, 2.45) is 0 Å². The lowest BCUT2D eigenvalue weighted by Gasteiger charge is -2.21. The van der Waals surface area contributed by atoms with Crippen molar-refractivity contribution in [2.75, 3.05) is 32.5 Å². The number of rotatable bonds is 7. The van der Waals surface area contributed by atoms with E-state index in [1.807, 2.05) is 6.07 Å². The molecule has 0 aliphatic carbocycles. The van der Waals surface area contributed by atoms with E-state index in [-0.39, 0.29) is 31.0 Å². The summed E-state index contributed by atoms with van der Waals surface area (Å²) >= 11 is 3.21. The van der Waals surface area contributed by atoms with Gasteiger partial charge >= 0.3 is 0 Å². The molecule has 0 aliphatic rings. The zero-order valence-corrected chi connectivity index (χ0v) is 13.4. The minimum Gasteiger partial charge on any atom is -0.398 e. The summed E-state index contributed by atoms with van der Waals surface area (Å²) in [4.78, 5) is 0.132. The predicted octanol–water partition coefficient (Wildman–Crippen LogP) is 1.58. The van der Waals surface area contributed by atoms with E-state index in [4.69, 9.17) is 15.7 Å². The summed E-state index contributed by atoms with van der Waals surface area (Å²) in [5, 5.41) is 8.63. The molecule has 20 heavy (non-hydrogen) atoms. The molecule has 1 aromatic carbocycles. The lowest BCUT2D eigenvalue weighted by Crippen LogP contribution is -2.34. The van der Waals surface area contributed by atoms with Crippen molar-refractivity contribution < 1.29 is 13.2 Å². The van der Waals surface area contributed by atoms with E-state index in [1.54, 1.807) is 0 Å². The zero-order chi connectivity index (χ0) is 15.2. The normalized spacial score (nSPS) is 11.5. The number of hydrogen-bond acceptors (Lipinski definition) is 5. The molecule has 2 N–H and O–H groups in total. The Morgan fingerprint density at radius 2 is 2.15 bits per heavy atom. The van der Waals surface area contributed by atoms with E-state index in [9.17, 15) is 8.42 Å². The van der Waals surface area contributed by atoms with Crippen LogP contribution in [0.3, 0.4) is 0 Å². The number of methoxy groups -OCH3 is 1. The first-order valence-electron chi connectivity index (χ1n) is 5.84. The molecule has 0 radical (unpaired) electrons. The Labute approximate surface area is 127 Å². The highest BCUT2D eigenvalue weighted by molar-refractivity contribution is 9.10. The van der Waals surface area contributed by atoms with Gasteiger partial charge in [-0.3, -0.25) is 0 Å². The summed E-state index contributed by atoms with van der Waals surface area (Å²) in [6, 6.07) is 6.37. The van der Waals surface area contributed by atoms with Crippen LogP contribution in [0.15, 0.2) is 27.6 Å². The third-order valence-electron chi connectivity index (χ3n) is 2.63. The summed E-state index contributed by atoms with van der Waals surface area (Å²) < 4.78 is 31.7. The van der Waals surface area contributed by atoms with E-state index in [0.717, 1.165) is 0 Å². The highest BCUT2D eigenvalue weighted by Crippen LogP contribution is 2.25. The summed E-state index contributed by atoms with van der Waals surface area (Å²) in [5.74, 6) is 0. The van der Waals surface area contributed by atoms with Gasteiger partial charge in [0, 0.05) is 36.8 Å². The summed E-state index contributed by atoms with van der Waals surface area (Å²) in [7, 11) is -2.17. The smallest absolute Gasteiger partial charge is 0.243 e. The molecule has 0 atom stereocenters. The van der Waals surface area contributed by atoms with Gasteiger partial charge in [-0.05, 0) is 34.1 Å². The van der Waals surface area contributed by atoms with E-state index >= 15 is 0 Å². The summed E-state index contributed by atoms with van der Waals surface area (Å²) in [6.07, 6.45) is 0.124. The number of nitrogens with zero attached hydrogens (tertiary/aromatic N) is 2. The minimum atomic E-state index is -3.67. The van der Waals surface area contributed by atoms with Crippen LogP contribution in [0.1, 0.15) is 6.42 Å². The molecular weight excluding hydrogens is 346 g/mol. The minimum absolute atomic E-state index is 0.124. The maximum atomic E-state index is 12.5. The van der Waals surface area contributed by atoms with E-state index in [1.165, 1.54) is 29.6 Å². The standard InChI is InChI=1S/C12H16BrN3O3S/c1-19-8-7-16(6-2-5-14)20(17,18)10-3-4-12(15)11(13)9-10/h3-4,9H,2,6-8,15H2,1H3. The lowest BCUT2D eigenvalue weighted by molar-refractivity contribution is 0.179.